The van der Waals surface area contributed by atoms with Crippen LogP contribution in [0.3, 0.4) is 0 Å². The SMILES string of the molecule is N#CC(=C\C=C1/Oc2cc3ccccc3cc2N1CCOC=O)/C=C/c1oc2c3ccccc3ccc2[n+]1CCC(=O)O. The highest BCUT2D eigenvalue weighted by Gasteiger charge is 2.27. The molecule has 0 bridgehead atoms. The van der Waals surface area contributed by atoms with Crippen LogP contribution in [0.5, 0.6) is 5.75 Å². The van der Waals surface area contributed by atoms with Gasteiger partial charge >= 0.3 is 11.9 Å². The number of hydrogen-bond donors (Lipinski definition) is 1. The molecule has 0 unspecified atom stereocenters. The standard InChI is InChI=1S/C34H25N3O6/c35-21-23(9-13-31-37(17-18-41-22-38)29-19-25-6-1-2-7-26(25)20-30(29)42-31)10-14-32-36(16-15-33(39)40)28-12-11-24-5-3-4-8-27(24)34(28)43-32/h1-14,19-20,22H,15-18H2/p+1. The zero-order valence-corrected chi connectivity index (χ0v) is 23.0. The van der Waals surface area contributed by atoms with Gasteiger partial charge in [-0.25, -0.2) is 0 Å². The van der Waals surface area contributed by atoms with E-state index in [2.05, 4.69) is 6.07 Å². The van der Waals surface area contributed by atoms with Crippen LogP contribution in [0.2, 0.25) is 0 Å². The van der Waals surface area contributed by atoms with Crippen LogP contribution in [-0.4, -0.2) is 30.7 Å². The lowest BCUT2D eigenvalue weighted by Crippen LogP contribution is -2.36. The molecule has 1 aliphatic rings. The quantitative estimate of drug-likeness (QED) is 0.0725. The Hall–Kier alpha value is -5.88. The van der Waals surface area contributed by atoms with Crippen LogP contribution in [0.25, 0.3) is 38.7 Å². The first kappa shape index (κ1) is 27.3. The van der Waals surface area contributed by atoms with Crippen molar-refractivity contribution in [3.8, 4) is 11.8 Å². The lowest BCUT2D eigenvalue weighted by atomic mass is 10.1. The second kappa shape index (κ2) is 11.9. The van der Waals surface area contributed by atoms with E-state index < -0.39 is 5.97 Å². The number of oxazole rings is 1. The topological polar surface area (TPSA) is 117 Å². The van der Waals surface area contributed by atoms with Crippen molar-refractivity contribution in [2.75, 3.05) is 18.1 Å². The average molecular weight is 573 g/mol. The summed E-state index contributed by atoms with van der Waals surface area (Å²) in [4.78, 5) is 24.0. The smallest absolute Gasteiger partial charge is 0.374 e. The number of nitrogens with zero attached hydrogens (tertiary/aromatic N) is 3. The number of anilines is 1. The first-order valence-electron chi connectivity index (χ1n) is 13.6. The van der Waals surface area contributed by atoms with Gasteiger partial charge in [-0.2, -0.15) is 9.83 Å². The summed E-state index contributed by atoms with van der Waals surface area (Å²) >= 11 is 0. The van der Waals surface area contributed by atoms with Crippen molar-refractivity contribution in [2.24, 2.45) is 0 Å². The number of carboxylic acid groups (broad SMARTS) is 1. The Morgan fingerprint density at radius 3 is 2.58 bits per heavy atom. The molecule has 0 saturated heterocycles. The lowest BCUT2D eigenvalue weighted by Gasteiger charge is -2.17. The molecule has 0 fully saturated rings. The first-order valence-corrected chi connectivity index (χ1v) is 13.6. The molecule has 1 aliphatic heterocycles. The number of allylic oxidation sites excluding steroid dienone is 4. The molecule has 0 aliphatic carbocycles. The molecule has 6 rings (SSSR count). The van der Waals surface area contributed by atoms with Crippen molar-refractivity contribution < 1.29 is 33.2 Å². The number of carbonyl (C=O) groups is 2. The van der Waals surface area contributed by atoms with E-state index in [1.165, 1.54) is 0 Å². The number of carboxylic acids is 1. The molecule has 43 heavy (non-hydrogen) atoms. The molecule has 0 amide bonds. The van der Waals surface area contributed by atoms with Crippen LogP contribution >= 0.6 is 0 Å². The summed E-state index contributed by atoms with van der Waals surface area (Å²) < 4.78 is 19.1. The Labute approximate surface area is 246 Å². The van der Waals surface area contributed by atoms with Gasteiger partial charge in [-0.15, -0.1) is 0 Å². The number of aliphatic carboxylic acids is 1. The third-order valence-electron chi connectivity index (χ3n) is 7.21. The molecule has 9 heteroatoms. The van der Waals surface area contributed by atoms with Crippen molar-refractivity contribution >= 4 is 56.8 Å². The predicted octanol–water partition coefficient (Wildman–Crippen LogP) is 5.88. The summed E-state index contributed by atoms with van der Waals surface area (Å²) in [6, 6.07) is 25.8. The van der Waals surface area contributed by atoms with E-state index in [9.17, 15) is 20.0 Å². The third kappa shape index (κ3) is 5.54. The molecular weight excluding hydrogens is 546 g/mol. The summed E-state index contributed by atoms with van der Waals surface area (Å²) in [5.74, 6) is 0.640. The zero-order valence-electron chi connectivity index (χ0n) is 23.0. The maximum atomic E-state index is 11.4. The Morgan fingerprint density at radius 2 is 1.81 bits per heavy atom. The van der Waals surface area contributed by atoms with E-state index in [0.29, 0.717) is 41.7 Å². The normalized spacial score (nSPS) is 14.0. The molecule has 0 radical (unpaired) electrons. The van der Waals surface area contributed by atoms with Gasteiger partial charge in [-0.05, 0) is 46.5 Å². The number of ether oxygens (including phenoxy) is 2. The number of hydrogen-bond acceptors (Lipinski definition) is 7. The van der Waals surface area contributed by atoms with Gasteiger partial charge in [-0.3, -0.25) is 9.59 Å². The predicted molar refractivity (Wildman–Crippen MR) is 161 cm³/mol. The summed E-state index contributed by atoms with van der Waals surface area (Å²) in [6.45, 7) is 1.12. The average Bonchev–Trinajstić information content (AvgIpc) is 3.56. The van der Waals surface area contributed by atoms with E-state index in [1.807, 2.05) is 77.7 Å². The van der Waals surface area contributed by atoms with Crippen LogP contribution in [0.15, 0.2) is 107 Å². The summed E-state index contributed by atoms with van der Waals surface area (Å²) in [7, 11) is 0. The van der Waals surface area contributed by atoms with E-state index in [4.69, 9.17) is 13.9 Å². The third-order valence-corrected chi connectivity index (χ3v) is 7.21. The van der Waals surface area contributed by atoms with Crippen molar-refractivity contribution in [3.05, 3.63) is 108 Å². The Bertz CT molecular complexity index is 2010. The van der Waals surface area contributed by atoms with Crippen LogP contribution in [0.1, 0.15) is 12.3 Å². The van der Waals surface area contributed by atoms with E-state index in [0.717, 1.165) is 32.7 Å². The number of nitriles is 1. The van der Waals surface area contributed by atoms with Gasteiger partial charge in [0.1, 0.15) is 13.0 Å². The fraction of sp³-hybridized carbons (Fsp3) is 0.118. The van der Waals surface area contributed by atoms with Gasteiger partial charge in [-0.1, -0.05) is 48.5 Å². The number of fused-ring (bicyclic) bond motifs is 5. The highest BCUT2D eigenvalue weighted by atomic mass is 16.5. The highest BCUT2D eigenvalue weighted by molar-refractivity contribution is 6.02. The van der Waals surface area contributed by atoms with Crippen LogP contribution in [-0.2, 0) is 20.9 Å². The molecule has 1 N–H and O–H groups in total. The highest BCUT2D eigenvalue weighted by Crippen LogP contribution is 2.41. The van der Waals surface area contributed by atoms with Crippen LogP contribution < -0.4 is 14.2 Å². The Morgan fingerprint density at radius 1 is 1.05 bits per heavy atom. The Balaban J connectivity index is 1.34. The number of carbonyl (C=O) groups excluding carboxylic acids is 1. The zero-order chi connectivity index (χ0) is 29.8. The number of rotatable bonds is 10. The van der Waals surface area contributed by atoms with Crippen molar-refractivity contribution in [1.82, 2.24) is 0 Å². The summed E-state index contributed by atoms with van der Waals surface area (Å²) in [5, 5.41) is 23.2. The van der Waals surface area contributed by atoms with Gasteiger partial charge in [0.2, 0.25) is 11.5 Å². The Kier molecular flexibility index (Phi) is 7.57. The minimum atomic E-state index is -0.921. The van der Waals surface area contributed by atoms with E-state index in [1.54, 1.807) is 28.9 Å². The molecule has 212 valence electrons. The van der Waals surface area contributed by atoms with E-state index >= 15 is 0 Å². The molecule has 0 spiro atoms. The van der Waals surface area contributed by atoms with Gasteiger partial charge in [0.25, 0.3) is 12.0 Å². The number of benzene rings is 4. The number of aryl methyl sites for hydroxylation is 1. The molecule has 4 aromatic carbocycles. The van der Waals surface area contributed by atoms with Crippen molar-refractivity contribution in [1.29, 1.82) is 5.26 Å². The summed E-state index contributed by atoms with van der Waals surface area (Å²) in [6.07, 6.45) is 6.52. The van der Waals surface area contributed by atoms with Gasteiger partial charge in [0.15, 0.2) is 12.3 Å². The first-order chi connectivity index (χ1) is 21.1. The van der Waals surface area contributed by atoms with Gasteiger partial charge in [0.05, 0.1) is 30.0 Å². The maximum Gasteiger partial charge on any atom is 0.374 e. The second-order valence-corrected chi connectivity index (χ2v) is 9.83. The monoisotopic (exact) mass is 572 g/mol. The van der Waals surface area contributed by atoms with Crippen LogP contribution in [0, 0.1) is 11.3 Å². The largest absolute Gasteiger partial charge is 0.481 e. The lowest BCUT2D eigenvalue weighted by molar-refractivity contribution is -0.676. The maximum absolute atomic E-state index is 11.4. The molecule has 0 saturated carbocycles. The minimum Gasteiger partial charge on any atom is -0.481 e. The second-order valence-electron chi connectivity index (χ2n) is 9.83. The van der Waals surface area contributed by atoms with Crippen molar-refractivity contribution in [2.45, 2.75) is 13.0 Å². The fourth-order valence-electron chi connectivity index (χ4n) is 5.18. The van der Waals surface area contributed by atoms with Crippen LogP contribution in [0.4, 0.5) is 5.69 Å². The minimum absolute atomic E-state index is 0.0867. The van der Waals surface area contributed by atoms with Gasteiger partial charge < -0.3 is 23.9 Å². The molecule has 2 heterocycles. The molecule has 9 nitrogen and oxygen atoms in total. The van der Waals surface area contributed by atoms with Gasteiger partial charge in [0, 0.05) is 17.5 Å². The molecular formula is C34H26N3O6+. The fourth-order valence-corrected chi connectivity index (χ4v) is 5.18. The number of aromatic nitrogens is 1. The molecule has 0 atom stereocenters. The molecule has 1 aromatic heterocycles. The summed E-state index contributed by atoms with van der Waals surface area (Å²) in [5.41, 5.74) is 2.56. The van der Waals surface area contributed by atoms with Crippen molar-refractivity contribution in [3.63, 3.8) is 0 Å². The molecule has 5 aromatic rings. The van der Waals surface area contributed by atoms with E-state index in [-0.39, 0.29) is 19.6 Å².